The van der Waals surface area contributed by atoms with E-state index in [9.17, 15) is 10.1 Å². The average molecular weight is 407 g/mol. The normalized spacial score (nSPS) is 20.5. The van der Waals surface area contributed by atoms with Crippen LogP contribution in [0, 0.1) is 17.2 Å². The molecule has 1 aliphatic rings. The van der Waals surface area contributed by atoms with Gasteiger partial charge < -0.3 is 14.8 Å². The quantitative estimate of drug-likeness (QED) is 0.590. The van der Waals surface area contributed by atoms with Crippen molar-refractivity contribution in [2.45, 2.75) is 38.6 Å². The van der Waals surface area contributed by atoms with Crippen LogP contribution in [0.15, 0.2) is 22.2 Å². The van der Waals surface area contributed by atoms with Crippen molar-refractivity contribution in [1.29, 1.82) is 5.26 Å². The number of hydrogen-bond acceptors (Lipinski definition) is 4. The predicted molar refractivity (Wildman–Crippen MR) is 100 cm³/mol. The van der Waals surface area contributed by atoms with Gasteiger partial charge in [-0.25, -0.2) is 0 Å². The van der Waals surface area contributed by atoms with Gasteiger partial charge >= 0.3 is 0 Å². The number of benzene rings is 1. The zero-order chi connectivity index (χ0) is 18.4. The van der Waals surface area contributed by atoms with Crippen molar-refractivity contribution >= 4 is 27.9 Å². The highest BCUT2D eigenvalue weighted by molar-refractivity contribution is 9.10. The Morgan fingerprint density at radius 3 is 2.56 bits per heavy atom. The van der Waals surface area contributed by atoms with E-state index in [1.807, 2.05) is 6.07 Å². The summed E-state index contributed by atoms with van der Waals surface area (Å²) in [5.74, 6) is 1.25. The molecule has 2 rings (SSSR count). The minimum Gasteiger partial charge on any atom is -0.496 e. The van der Waals surface area contributed by atoms with Crippen LogP contribution in [0.3, 0.4) is 0 Å². The third-order valence-corrected chi connectivity index (χ3v) is 5.22. The maximum absolute atomic E-state index is 12.5. The number of methoxy groups -OCH3 is 2. The van der Waals surface area contributed by atoms with Crippen LogP contribution in [0.25, 0.3) is 6.08 Å². The van der Waals surface area contributed by atoms with Gasteiger partial charge in [0.15, 0.2) is 0 Å². The Morgan fingerprint density at radius 2 is 1.96 bits per heavy atom. The molecule has 0 aromatic heterocycles. The van der Waals surface area contributed by atoms with E-state index in [4.69, 9.17) is 9.47 Å². The summed E-state index contributed by atoms with van der Waals surface area (Å²) in [6.45, 7) is 2.14. The SMILES string of the molecule is COc1cc(OC)c(/C=C(\C#N)C(=O)NC2CCCCC2C)cc1Br. The first kappa shape index (κ1) is 19.3. The highest BCUT2D eigenvalue weighted by Crippen LogP contribution is 2.34. The molecular weight excluding hydrogens is 384 g/mol. The second kappa shape index (κ2) is 8.91. The van der Waals surface area contributed by atoms with Crippen LogP contribution in [0.2, 0.25) is 0 Å². The van der Waals surface area contributed by atoms with E-state index >= 15 is 0 Å². The molecule has 25 heavy (non-hydrogen) atoms. The summed E-state index contributed by atoms with van der Waals surface area (Å²) in [4.78, 5) is 12.5. The second-order valence-corrected chi connectivity index (χ2v) is 7.09. The molecule has 1 amide bonds. The predicted octanol–water partition coefficient (Wildman–Crippen LogP) is 4.07. The lowest BCUT2D eigenvalue weighted by Crippen LogP contribution is -2.41. The molecule has 5 nitrogen and oxygen atoms in total. The van der Waals surface area contributed by atoms with Crippen LogP contribution in [0.1, 0.15) is 38.2 Å². The van der Waals surface area contributed by atoms with Crippen molar-refractivity contribution in [1.82, 2.24) is 5.32 Å². The first-order chi connectivity index (χ1) is 12.0. The second-order valence-electron chi connectivity index (χ2n) is 6.24. The molecule has 1 aromatic rings. The zero-order valence-electron chi connectivity index (χ0n) is 14.8. The van der Waals surface area contributed by atoms with Gasteiger partial charge in [-0.15, -0.1) is 0 Å². The van der Waals surface area contributed by atoms with Crippen molar-refractivity contribution in [2.75, 3.05) is 14.2 Å². The fraction of sp³-hybridized carbons (Fsp3) is 0.474. The minimum absolute atomic E-state index is 0.0631. The molecule has 2 unspecified atom stereocenters. The molecule has 2 atom stereocenters. The number of rotatable bonds is 5. The lowest BCUT2D eigenvalue weighted by atomic mass is 9.86. The first-order valence-corrected chi connectivity index (χ1v) is 9.13. The summed E-state index contributed by atoms with van der Waals surface area (Å²) in [5, 5.41) is 12.4. The van der Waals surface area contributed by atoms with Crippen LogP contribution >= 0.6 is 15.9 Å². The van der Waals surface area contributed by atoms with Gasteiger partial charge in [-0.3, -0.25) is 4.79 Å². The molecule has 0 radical (unpaired) electrons. The molecule has 0 saturated heterocycles. The summed E-state index contributed by atoms with van der Waals surface area (Å²) < 4.78 is 11.3. The molecule has 0 bridgehead atoms. The lowest BCUT2D eigenvalue weighted by molar-refractivity contribution is -0.118. The van der Waals surface area contributed by atoms with Crippen molar-refractivity contribution in [3.8, 4) is 17.6 Å². The molecular formula is C19H23BrN2O3. The van der Waals surface area contributed by atoms with Crippen LogP contribution in [-0.2, 0) is 4.79 Å². The summed E-state index contributed by atoms with van der Waals surface area (Å²) in [5.41, 5.74) is 0.701. The van der Waals surface area contributed by atoms with Gasteiger partial charge in [-0.2, -0.15) is 5.26 Å². The number of carbonyl (C=O) groups is 1. The number of ether oxygens (including phenoxy) is 2. The number of hydrogen-bond donors (Lipinski definition) is 1. The number of nitrogens with zero attached hydrogens (tertiary/aromatic N) is 1. The highest BCUT2D eigenvalue weighted by Gasteiger charge is 2.24. The molecule has 1 aromatic carbocycles. The van der Waals surface area contributed by atoms with E-state index in [0.717, 1.165) is 23.7 Å². The van der Waals surface area contributed by atoms with Crippen molar-refractivity contribution in [3.63, 3.8) is 0 Å². The lowest BCUT2D eigenvalue weighted by Gasteiger charge is -2.29. The number of nitriles is 1. The third kappa shape index (κ3) is 4.76. The smallest absolute Gasteiger partial charge is 0.262 e. The minimum atomic E-state index is -0.338. The maximum atomic E-state index is 12.5. The van der Waals surface area contributed by atoms with Crippen molar-refractivity contribution in [2.24, 2.45) is 5.92 Å². The van der Waals surface area contributed by atoms with Gasteiger partial charge in [0.25, 0.3) is 5.91 Å². The van der Waals surface area contributed by atoms with Crippen LogP contribution in [0.5, 0.6) is 11.5 Å². The number of halogens is 1. The topological polar surface area (TPSA) is 71.3 Å². The van der Waals surface area contributed by atoms with Gasteiger partial charge in [0.05, 0.1) is 18.7 Å². The Balaban J connectivity index is 2.26. The van der Waals surface area contributed by atoms with Crippen LogP contribution < -0.4 is 14.8 Å². The first-order valence-electron chi connectivity index (χ1n) is 8.34. The van der Waals surface area contributed by atoms with E-state index in [2.05, 4.69) is 28.2 Å². The fourth-order valence-electron chi connectivity index (χ4n) is 3.08. The molecule has 6 heteroatoms. The molecule has 134 valence electrons. The third-order valence-electron chi connectivity index (χ3n) is 4.60. The highest BCUT2D eigenvalue weighted by atomic mass is 79.9. The Morgan fingerprint density at radius 1 is 1.28 bits per heavy atom. The average Bonchev–Trinajstić information content (AvgIpc) is 2.61. The van der Waals surface area contributed by atoms with Gasteiger partial charge in [0.2, 0.25) is 0 Å². The molecule has 1 fully saturated rings. The Bertz CT molecular complexity index is 709. The molecule has 0 aliphatic heterocycles. The van der Waals surface area contributed by atoms with E-state index in [-0.39, 0.29) is 17.5 Å². The summed E-state index contributed by atoms with van der Waals surface area (Å²) in [6, 6.07) is 5.61. The van der Waals surface area contributed by atoms with Crippen LogP contribution in [-0.4, -0.2) is 26.2 Å². The van der Waals surface area contributed by atoms with Gasteiger partial charge in [-0.05, 0) is 46.8 Å². The molecule has 1 saturated carbocycles. The summed E-state index contributed by atoms with van der Waals surface area (Å²) in [7, 11) is 3.10. The summed E-state index contributed by atoms with van der Waals surface area (Å²) >= 11 is 3.41. The van der Waals surface area contributed by atoms with E-state index < -0.39 is 0 Å². The Labute approximate surface area is 157 Å². The standard InChI is InChI=1S/C19H23BrN2O3/c1-12-6-4-5-7-16(12)22-19(23)14(11-21)8-13-9-15(20)18(25-3)10-17(13)24-2/h8-10,12,16H,4-7H2,1-3H3,(H,22,23)/b14-8+. The number of carbonyl (C=O) groups excluding carboxylic acids is 1. The largest absolute Gasteiger partial charge is 0.496 e. The maximum Gasteiger partial charge on any atom is 0.262 e. The van der Waals surface area contributed by atoms with Gasteiger partial charge in [0, 0.05) is 17.7 Å². The molecule has 1 N–H and O–H groups in total. The zero-order valence-corrected chi connectivity index (χ0v) is 16.4. The molecule has 1 aliphatic carbocycles. The van der Waals surface area contributed by atoms with E-state index in [1.165, 1.54) is 13.5 Å². The number of amides is 1. The molecule has 0 heterocycles. The van der Waals surface area contributed by atoms with E-state index in [0.29, 0.717) is 23.0 Å². The Hall–Kier alpha value is -2.00. The van der Waals surface area contributed by atoms with Crippen molar-refractivity contribution in [3.05, 3.63) is 27.7 Å². The number of nitrogens with one attached hydrogen (secondary N) is 1. The molecule has 0 spiro atoms. The van der Waals surface area contributed by atoms with Crippen LogP contribution in [0.4, 0.5) is 0 Å². The monoisotopic (exact) mass is 406 g/mol. The van der Waals surface area contributed by atoms with Crippen molar-refractivity contribution < 1.29 is 14.3 Å². The van der Waals surface area contributed by atoms with E-state index in [1.54, 1.807) is 25.3 Å². The Kier molecular flexibility index (Phi) is 6.89. The van der Waals surface area contributed by atoms with Gasteiger partial charge in [-0.1, -0.05) is 19.8 Å². The summed E-state index contributed by atoms with van der Waals surface area (Å²) in [6.07, 6.45) is 5.93. The fourth-order valence-corrected chi connectivity index (χ4v) is 3.60. The van der Waals surface area contributed by atoms with Gasteiger partial charge in [0.1, 0.15) is 23.1 Å².